The number of rotatable bonds is 2. The molecule has 0 bridgehead atoms. The number of ether oxygens (including phenoxy) is 2. The maximum atomic E-state index is 10.5. The van der Waals surface area contributed by atoms with Gasteiger partial charge in [0.1, 0.15) is 0 Å². The van der Waals surface area contributed by atoms with Crippen molar-refractivity contribution in [1.82, 2.24) is 0 Å². The second-order valence-corrected chi connectivity index (χ2v) is 1.39. The lowest BCUT2D eigenvalue weighted by Gasteiger charge is -1.99. The Hall–Kier alpha value is -0.700. The van der Waals surface area contributed by atoms with Crippen molar-refractivity contribution in [2.24, 2.45) is 0 Å². The minimum absolute atomic E-state index is 0.000772. The first-order valence-corrected chi connectivity index (χ1v) is 2.62. The van der Waals surface area contributed by atoms with E-state index in [1.54, 1.807) is 0 Å². The summed E-state index contributed by atoms with van der Waals surface area (Å²) < 4.78 is 8.78. The molecule has 0 aliphatic rings. The van der Waals surface area contributed by atoms with Gasteiger partial charge in [0.25, 0.3) is 0 Å². The van der Waals surface area contributed by atoms with Gasteiger partial charge in [-0.15, -0.1) is 0 Å². The van der Waals surface area contributed by atoms with Crippen LogP contribution in [0, 0.1) is 0 Å². The van der Waals surface area contributed by atoms with Gasteiger partial charge in [-0.2, -0.15) is 0 Å². The van der Waals surface area contributed by atoms with Crippen LogP contribution in [0.4, 0.5) is 0 Å². The van der Waals surface area contributed by atoms with Crippen LogP contribution < -0.4 is 0 Å². The highest BCUT2D eigenvalue weighted by molar-refractivity contribution is 6.27. The number of carbonyl (C=O) groups is 1. The standard InChI is InChI=1S/C5H7ClO3/c1-8-4(3-6)5(7)9-2/h3H,1-2H3/b4-3-. The van der Waals surface area contributed by atoms with E-state index in [2.05, 4.69) is 9.47 Å². The molecule has 0 saturated carbocycles. The van der Waals surface area contributed by atoms with E-state index in [1.807, 2.05) is 0 Å². The monoisotopic (exact) mass is 150 g/mol. The van der Waals surface area contributed by atoms with Gasteiger partial charge in [-0.3, -0.25) is 0 Å². The molecule has 0 N–H and O–H groups in total. The van der Waals surface area contributed by atoms with Crippen molar-refractivity contribution >= 4 is 17.6 Å². The maximum absolute atomic E-state index is 10.5. The summed E-state index contributed by atoms with van der Waals surface area (Å²) in [5.74, 6) is -0.577. The summed E-state index contributed by atoms with van der Waals surface area (Å²) >= 11 is 5.15. The molecule has 52 valence electrons. The van der Waals surface area contributed by atoms with Gasteiger partial charge in [0, 0.05) is 0 Å². The highest BCUT2D eigenvalue weighted by Crippen LogP contribution is 1.98. The molecule has 0 aliphatic heterocycles. The van der Waals surface area contributed by atoms with Crippen LogP contribution in [-0.2, 0) is 14.3 Å². The molecule has 0 aromatic rings. The third-order valence-corrected chi connectivity index (χ3v) is 0.904. The summed E-state index contributed by atoms with van der Waals surface area (Å²) in [4.78, 5) is 10.5. The Kier molecular flexibility index (Phi) is 3.88. The summed E-state index contributed by atoms with van der Waals surface area (Å²) in [7, 11) is 2.59. The van der Waals surface area contributed by atoms with Gasteiger partial charge in [0.2, 0.25) is 5.76 Å². The summed E-state index contributed by atoms with van der Waals surface area (Å²) in [5, 5.41) is 0. The average Bonchev–Trinajstić information content (AvgIpc) is 1.90. The molecule has 0 radical (unpaired) electrons. The van der Waals surface area contributed by atoms with E-state index >= 15 is 0 Å². The molecule has 0 rings (SSSR count). The smallest absolute Gasteiger partial charge is 0.374 e. The second-order valence-electron chi connectivity index (χ2n) is 1.17. The molecule has 3 nitrogen and oxygen atoms in total. The third-order valence-electron chi connectivity index (χ3n) is 0.706. The number of halogens is 1. The Labute approximate surface area is 58.2 Å². The normalized spacial score (nSPS) is 10.8. The lowest BCUT2D eigenvalue weighted by atomic mass is 10.6. The number of carbonyl (C=O) groups excluding carboxylic acids is 1. The van der Waals surface area contributed by atoms with Crippen LogP contribution in [0.25, 0.3) is 0 Å². The number of methoxy groups -OCH3 is 2. The van der Waals surface area contributed by atoms with Gasteiger partial charge in [-0.1, -0.05) is 11.6 Å². The topological polar surface area (TPSA) is 35.5 Å². The van der Waals surface area contributed by atoms with Crippen molar-refractivity contribution in [1.29, 1.82) is 0 Å². The van der Waals surface area contributed by atoms with E-state index in [0.29, 0.717) is 0 Å². The van der Waals surface area contributed by atoms with E-state index < -0.39 is 5.97 Å². The Morgan fingerprint density at radius 3 is 2.11 bits per heavy atom. The second kappa shape index (κ2) is 4.21. The molecular weight excluding hydrogens is 144 g/mol. The Morgan fingerprint density at radius 1 is 1.44 bits per heavy atom. The lowest BCUT2D eigenvalue weighted by Crippen LogP contribution is -2.05. The van der Waals surface area contributed by atoms with Crippen LogP contribution in [-0.4, -0.2) is 20.2 Å². The van der Waals surface area contributed by atoms with E-state index in [0.717, 1.165) is 5.54 Å². The predicted octanol–water partition coefficient (Wildman–Crippen LogP) is 0.886. The zero-order valence-electron chi connectivity index (χ0n) is 5.18. The van der Waals surface area contributed by atoms with Gasteiger partial charge in [-0.25, -0.2) is 4.79 Å². The highest BCUT2D eigenvalue weighted by atomic mass is 35.5. The predicted molar refractivity (Wildman–Crippen MR) is 33.0 cm³/mol. The summed E-state index contributed by atoms with van der Waals surface area (Å²) in [6.07, 6.45) is 0. The van der Waals surface area contributed by atoms with E-state index in [4.69, 9.17) is 11.6 Å². The van der Waals surface area contributed by atoms with Crippen molar-refractivity contribution < 1.29 is 14.3 Å². The molecular formula is C5H7ClO3. The SMILES string of the molecule is COC(=O)/C(=C/Cl)OC. The number of hydrogen-bond acceptors (Lipinski definition) is 3. The molecule has 0 aliphatic carbocycles. The van der Waals surface area contributed by atoms with Crippen LogP contribution in [0.1, 0.15) is 0 Å². The fourth-order valence-corrected chi connectivity index (χ4v) is 0.451. The van der Waals surface area contributed by atoms with Gasteiger partial charge in [-0.05, 0) is 0 Å². The van der Waals surface area contributed by atoms with Gasteiger partial charge in [0.05, 0.1) is 19.8 Å². The minimum atomic E-state index is -0.576. The molecule has 0 heterocycles. The van der Waals surface area contributed by atoms with Crippen molar-refractivity contribution in [2.75, 3.05) is 14.2 Å². The van der Waals surface area contributed by atoms with E-state index in [-0.39, 0.29) is 5.76 Å². The molecule has 0 unspecified atom stereocenters. The van der Waals surface area contributed by atoms with Crippen LogP contribution in [0.3, 0.4) is 0 Å². The van der Waals surface area contributed by atoms with Crippen molar-refractivity contribution in [3.8, 4) is 0 Å². The minimum Gasteiger partial charge on any atom is -0.489 e. The van der Waals surface area contributed by atoms with Crippen molar-refractivity contribution in [2.45, 2.75) is 0 Å². The Bertz CT molecular complexity index is 130. The van der Waals surface area contributed by atoms with Crippen LogP contribution in [0.2, 0.25) is 0 Å². The number of hydrogen-bond donors (Lipinski definition) is 0. The molecule has 9 heavy (non-hydrogen) atoms. The quantitative estimate of drug-likeness (QED) is 0.333. The first-order chi connectivity index (χ1) is 4.26. The average molecular weight is 151 g/mol. The van der Waals surface area contributed by atoms with E-state index in [1.165, 1.54) is 14.2 Å². The van der Waals surface area contributed by atoms with Crippen LogP contribution in [0.15, 0.2) is 11.3 Å². The van der Waals surface area contributed by atoms with Crippen molar-refractivity contribution in [3.63, 3.8) is 0 Å². The first-order valence-electron chi connectivity index (χ1n) is 2.19. The third kappa shape index (κ3) is 2.37. The molecule has 0 spiro atoms. The van der Waals surface area contributed by atoms with Gasteiger partial charge in [0.15, 0.2) is 0 Å². The molecule has 0 aromatic carbocycles. The van der Waals surface area contributed by atoms with Gasteiger partial charge >= 0.3 is 5.97 Å². The first kappa shape index (κ1) is 8.30. The summed E-state index contributed by atoms with van der Waals surface area (Å²) in [6, 6.07) is 0. The Balaban J connectivity index is 3.97. The summed E-state index contributed by atoms with van der Waals surface area (Å²) in [6.45, 7) is 0. The van der Waals surface area contributed by atoms with Crippen LogP contribution >= 0.6 is 11.6 Å². The molecule has 0 amide bonds. The van der Waals surface area contributed by atoms with Gasteiger partial charge < -0.3 is 9.47 Å². The molecule has 0 fully saturated rings. The molecule has 0 saturated heterocycles. The lowest BCUT2D eigenvalue weighted by molar-refractivity contribution is -0.139. The molecule has 0 aromatic heterocycles. The van der Waals surface area contributed by atoms with Crippen molar-refractivity contribution in [3.05, 3.63) is 11.3 Å². The molecule has 4 heteroatoms. The zero-order chi connectivity index (χ0) is 7.28. The van der Waals surface area contributed by atoms with Crippen LogP contribution in [0.5, 0.6) is 0 Å². The largest absolute Gasteiger partial charge is 0.489 e. The summed E-state index contributed by atoms with van der Waals surface area (Å²) in [5.41, 5.74) is 1.02. The molecule has 0 atom stereocenters. The highest BCUT2D eigenvalue weighted by Gasteiger charge is 2.06. The fourth-order valence-electron chi connectivity index (χ4n) is 0.273. The number of esters is 1. The maximum Gasteiger partial charge on any atom is 0.374 e. The fraction of sp³-hybridized carbons (Fsp3) is 0.400. The Morgan fingerprint density at radius 2 is 2.00 bits per heavy atom. The van der Waals surface area contributed by atoms with E-state index in [9.17, 15) is 4.79 Å². The zero-order valence-corrected chi connectivity index (χ0v) is 5.94.